The summed E-state index contributed by atoms with van der Waals surface area (Å²) in [5.74, 6) is -1.31. The molecule has 1 aliphatic rings. The molecule has 3 aromatic rings. The summed E-state index contributed by atoms with van der Waals surface area (Å²) in [5, 5.41) is 17.3. The van der Waals surface area contributed by atoms with Gasteiger partial charge >= 0.3 is 5.97 Å². The Balaban J connectivity index is 0.000000134. The van der Waals surface area contributed by atoms with Crippen molar-refractivity contribution in [2.24, 2.45) is 0 Å². The second-order valence-corrected chi connectivity index (χ2v) is 4.91. The Bertz CT molecular complexity index is 737. The fourth-order valence-corrected chi connectivity index (χ4v) is 2.50. The molecule has 0 radical (unpaired) electrons. The zero-order valence-electron chi connectivity index (χ0n) is 11.7. The molecule has 0 amide bonds. The molecule has 3 heteroatoms. The summed E-state index contributed by atoms with van der Waals surface area (Å²) in [5.41, 5.74) is 5.52. The van der Waals surface area contributed by atoms with Gasteiger partial charge in [-0.1, -0.05) is 60.7 Å². The van der Waals surface area contributed by atoms with Crippen molar-refractivity contribution in [3.8, 4) is 28.0 Å². The van der Waals surface area contributed by atoms with Crippen LogP contribution < -0.4 is 0 Å². The molecule has 0 saturated carbocycles. The van der Waals surface area contributed by atoms with E-state index in [1.54, 1.807) is 12.1 Å². The lowest BCUT2D eigenvalue weighted by Crippen LogP contribution is -1.96. The Hall–Kier alpha value is -3.07. The summed E-state index contributed by atoms with van der Waals surface area (Å²) < 4.78 is 0. The van der Waals surface area contributed by atoms with Crippen molar-refractivity contribution < 1.29 is 15.0 Å². The Kier molecular flexibility index (Phi) is 3.62. The molecule has 3 aromatic carbocycles. The van der Waals surface area contributed by atoms with Crippen LogP contribution in [0.2, 0.25) is 0 Å². The molecule has 0 aliphatic heterocycles. The van der Waals surface area contributed by atoms with Crippen LogP contribution in [0.15, 0.2) is 72.8 Å². The average molecular weight is 290 g/mol. The Morgan fingerprint density at radius 1 is 0.636 bits per heavy atom. The minimum absolute atomic E-state index is 0.0671. The number of hydrogen-bond acceptors (Lipinski definition) is 2. The van der Waals surface area contributed by atoms with Gasteiger partial charge in [0.2, 0.25) is 0 Å². The normalized spacial score (nSPS) is 10.4. The van der Waals surface area contributed by atoms with Crippen LogP contribution in [0.4, 0.5) is 0 Å². The maximum absolute atomic E-state index is 10.3. The van der Waals surface area contributed by atoms with Gasteiger partial charge in [-0.2, -0.15) is 0 Å². The van der Waals surface area contributed by atoms with E-state index >= 15 is 0 Å². The summed E-state index contributed by atoms with van der Waals surface area (Å²) in [6.07, 6.45) is 0. The standard InChI is InChI=1S/C12H8.C7H6O3/c1-2-6-10-9(5-1)11-7-3-4-8-12(10)11;8-6-4-2-1-3-5(6)7(9)10/h1-8H;1-4,8H,(H,9,10). The maximum Gasteiger partial charge on any atom is 0.339 e. The van der Waals surface area contributed by atoms with Crippen molar-refractivity contribution in [2.75, 3.05) is 0 Å². The molecule has 0 heterocycles. The van der Waals surface area contributed by atoms with Gasteiger partial charge in [0, 0.05) is 0 Å². The van der Waals surface area contributed by atoms with Gasteiger partial charge in [-0.25, -0.2) is 4.79 Å². The van der Waals surface area contributed by atoms with Crippen LogP contribution in [-0.4, -0.2) is 16.2 Å². The van der Waals surface area contributed by atoms with Crippen LogP contribution in [-0.2, 0) is 0 Å². The van der Waals surface area contributed by atoms with Crippen molar-refractivity contribution in [1.82, 2.24) is 0 Å². The lowest BCUT2D eigenvalue weighted by molar-refractivity contribution is 0.0693. The molecule has 108 valence electrons. The molecule has 22 heavy (non-hydrogen) atoms. The van der Waals surface area contributed by atoms with Crippen molar-refractivity contribution in [2.45, 2.75) is 0 Å². The van der Waals surface area contributed by atoms with Crippen LogP contribution in [0.1, 0.15) is 10.4 Å². The second kappa shape index (κ2) is 5.74. The summed E-state index contributed by atoms with van der Waals surface area (Å²) in [6, 6.07) is 22.9. The Morgan fingerprint density at radius 2 is 1.00 bits per heavy atom. The molecule has 0 aromatic heterocycles. The van der Waals surface area contributed by atoms with Gasteiger partial charge in [-0.15, -0.1) is 0 Å². The molecule has 4 rings (SSSR count). The number of hydrogen-bond donors (Lipinski definition) is 2. The van der Waals surface area contributed by atoms with E-state index in [2.05, 4.69) is 48.5 Å². The monoisotopic (exact) mass is 290 g/mol. The van der Waals surface area contributed by atoms with Gasteiger partial charge in [0.15, 0.2) is 0 Å². The van der Waals surface area contributed by atoms with Crippen molar-refractivity contribution in [3.05, 3.63) is 78.4 Å². The van der Waals surface area contributed by atoms with E-state index in [-0.39, 0.29) is 11.3 Å². The molecule has 1 aliphatic carbocycles. The number of para-hydroxylation sites is 1. The maximum atomic E-state index is 10.3. The van der Waals surface area contributed by atoms with Crippen LogP contribution in [0.3, 0.4) is 0 Å². The van der Waals surface area contributed by atoms with Crippen LogP contribution in [0.25, 0.3) is 22.3 Å². The number of phenols is 1. The molecular formula is C19H14O3. The summed E-state index contributed by atoms with van der Waals surface area (Å²) in [4.78, 5) is 10.3. The van der Waals surface area contributed by atoms with Crippen LogP contribution in [0, 0.1) is 0 Å². The zero-order valence-corrected chi connectivity index (χ0v) is 11.7. The fourth-order valence-electron chi connectivity index (χ4n) is 2.50. The van der Waals surface area contributed by atoms with E-state index in [1.165, 1.54) is 34.4 Å². The molecule has 0 bridgehead atoms. The van der Waals surface area contributed by atoms with Gasteiger partial charge in [0.1, 0.15) is 11.3 Å². The molecule has 0 unspecified atom stereocenters. The van der Waals surface area contributed by atoms with Gasteiger partial charge in [0.05, 0.1) is 0 Å². The fraction of sp³-hybridized carbons (Fsp3) is 0. The highest BCUT2D eigenvalue weighted by molar-refractivity contribution is 6.02. The van der Waals surface area contributed by atoms with Crippen molar-refractivity contribution in [1.29, 1.82) is 0 Å². The number of benzene rings is 3. The minimum Gasteiger partial charge on any atom is -0.507 e. The third-order valence-corrected chi connectivity index (χ3v) is 3.57. The highest BCUT2D eigenvalue weighted by atomic mass is 16.4. The van der Waals surface area contributed by atoms with Gasteiger partial charge in [-0.3, -0.25) is 0 Å². The number of carboxylic acids is 1. The van der Waals surface area contributed by atoms with Crippen molar-refractivity contribution >= 4 is 5.97 Å². The molecule has 0 saturated heterocycles. The quantitative estimate of drug-likeness (QED) is 0.545. The first-order chi connectivity index (χ1) is 10.7. The first-order valence-electron chi connectivity index (χ1n) is 6.88. The largest absolute Gasteiger partial charge is 0.507 e. The highest BCUT2D eigenvalue weighted by Crippen LogP contribution is 2.46. The van der Waals surface area contributed by atoms with E-state index in [0.717, 1.165) is 0 Å². The predicted molar refractivity (Wildman–Crippen MR) is 85.9 cm³/mol. The molecular weight excluding hydrogens is 276 g/mol. The van der Waals surface area contributed by atoms with E-state index < -0.39 is 5.97 Å². The average Bonchev–Trinajstić information content (AvgIpc) is 2.53. The van der Waals surface area contributed by atoms with Crippen LogP contribution in [0.5, 0.6) is 5.75 Å². The number of carboxylic acid groups (broad SMARTS) is 1. The number of rotatable bonds is 1. The zero-order chi connectivity index (χ0) is 15.5. The molecule has 0 spiro atoms. The Morgan fingerprint density at radius 3 is 1.32 bits per heavy atom. The molecule has 0 fully saturated rings. The second-order valence-electron chi connectivity index (χ2n) is 4.91. The number of carbonyl (C=O) groups is 1. The lowest BCUT2D eigenvalue weighted by Gasteiger charge is -2.22. The summed E-state index contributed by atoms with van der Waals surface area (Å²) in [6.45, 7) is 0. The number of aromatic hydroxyl groups is 1. The molecule has 3 nitrogen and oxygen atoms in total. The smallest absolute Gasteiger partial charge is 0.339 e. The summed E-state index contributed by atoms with van der Waals surface area (Å²) >= 11 is 0. The number of fused-ring (bicyclic) bond motifs is 4. The van der Waals surface area contributed by atoms with E-state index in [1.807, 2.05) is 0 Å². The molecule has 2 N–H and O–H groups in total. The van der Waals surface area contributed by atoms with E-state index in [0.29, 0.717) is 0 Å². The molecule has 0 atom stereocenters. The topological polar surface area (TPSA) is 57.5 Å². The first kappa shape index (κ1) is 13.9. The highest BCUT2D eigenvalue weighted by Gasteiger charge is 2.19. The number of aromatic carboxylic acids is 1. The van der Waals surface area contributed by atoms with Gasteiger partial charge in [-0.05, 0) is 34.4 Å². The third kappa shape index (κ3) is 2.44. The first-order valence-corrected chi connectivity index (χ1v) is 6.88. The van der Waals surface area contributed by atoms with E-state index in [4.69, 9.17) is 10.2 Å². The predicted octanol–water partition coefficient (Wildman–Crippen LogP) is 4.42. The minimum atomic E-state index is -1.11. The van der Waals surface area contributed by atoms with Crippen LogP contribution >= 0.6 is 0 Å². The van der Waals surface area contributed by atoms with Gasteiger partial charge in [0.25, 0.3) is 0 Å². The SMILES string of the molecule is O=C(O)c1ccccc1O.c1ccc2c(c1)-c1ccccc1-2. The lowest BCUT2D eigenvalue weighted by atomic mass is 9.81. The van der Waals surface area contributed by atoms with Gasteiger partial charge < -0.3 is 10.2 Å². The van der Waals surface area contributed by atoms with E-state index in [9.17, 15) is 4.79 Å². The van der Waals surface area contributed by atoms with Crippen molar-refractivity contribution in [3.63, 3.8) is 0 Å². The Labute approximate surface area is 128 Å². The third-order valence-electron chi connectivity index (χ3n) is 3.57. The summed E-state index contributed by atoms with van der Waals surface area (Å²) in [7, 11) is 0.